The molecule has 0 saturated carbocycles. The largest absolute Gasteiger partial charge is 0.383 e. The lowest BCUT2D eigenvalue weighted by Gasteiger charge is -2.10. The van der Waals surface area contributed by atoms with E-state index in [9.17, 15) is 0 Å². The Balaban J connectivity index is 2.07. The normalized spacial score (nSPS) is 11.0. The van der Waals surface area contributed by atoms with Crippen LogP contribution in [0, 0.1) is 20.8 Å². The molecule has 0 aliphatic rings. The molecule has 0 spiro atoms. The van der Waals surface area contributed by atoms with Crippen LogP contribution < -0.4 is 10.7 Å². The first-order valence-corrected chi connectivity index (χ1v) is 8.25. The zero-order valence-corrected chi connectivity index (χ0v) is 15.4. The number of benzene rings is 1. The van der Waals surface area contributed by atoms with Crippen molar-refractivity contribution in [2.45, 2.75) is 20.8 Å². The lowest BCUT2D eigenvalue weighted by molar-refractivity contribution is 0.204. The number of rotatable bonds is 6. The van der Waals surface area contributed by atoms with Crippen molar-refractivity contribution in [3.8, 4) is 5.69 Å². The number of hydrogen-bond donors (Lipinski definition) is 2. The minimum absolute atomic E-state index is 0.482. The van der Waals surface area contributed by atoms with Gasteiger partial charge in [0, 0.05) is 36.3 Å². The lowest BCUT2D eigenvalue weighted by atomic mass is 10.2. The number of nitrogens with zero attached hydrogens (tertiary/aromatic N) is 2. The van der Waals surface area contributed by atoms with Crippen LogP contribution in [-0.4, -0.2) is 36.2 Å². The summed E-state index contributed by atoms with van der Waals surface area (Å²) < 4.78 is 7.17. The second-order valence-electron chi connectivity index (χ2n) is 5.62. The van der Waals surface area contributed by atoms with E-state index in [0.717, 1.165) is 16.9 Å². The van der Waals surface area contributed by atoms with Crippen molar-refractivity contribution >= 4 is 23.5 Å². The first-order valence-electron chi connectivity index (χ1n) is 7.84. The molecule has 0 fully saturated rings. The van der Waals surface area contributed by atoms with Crippen molar-refractivity contribution in [3.05, 3.63) is 52.8 Å². The van der Waals surface area contributed by atoms with Crippen LogP contribution in [0.5, 0.6) is 0 Å². The van der Waals surface area contributed by atoms with Gasteiger partial charge in [-0.3, -0.25) is 5.43 Å². The van der Waals surface area contributed by atoms with Gasteiger partial charge in [0.25, 0.3) is 0 Å². The molecule has 1 aromatic heterocycles. The van der Waals surface area contributed by atoms with E-state index in [2.05, 4.69) is 71.5 Å². The summed E-state index contributed by atoms with van der Waals surface area (Å²) in [5.74, 6) is 0. The highest BCUT2D eigenvalue weighted by Crippen LogP contribution is 2.20. The topological polar surface area (TPSA) is 50.6 Å². The number of methoxy groups -OCH3 is 1. The predicted octanol–water partition coefficient (Wildman–Crippen LogP) is 2.85. The van der Waals surface area contributed by atoms with Crippen LogP contribution >= 0.6 is 12.2 Å². The van der Waals surface area contributed by atoms with E-state index in [-0.39, 0.29) is 0 Å². The van der Waals surface area contributed by atoms with Crippen LogP contribution in [0.4, 0.5) is 0 Å². The zero-order chi connectivity index (χ0) is 17.5. The summed E-state index contributed by atoms with van der Waals surface area (Å²) in [7, 11) is 1.65. The summed E-state index contributed by atoms with van der Waals surface area (Å²) in [6, 6.07) is 10.6. The third-order valence-corrected chi connectivity index (χ3v) is 3.96. The molecule has 0 amide bonds. The Morgan fingerprint density at radius 1 is 1.25 bits per heavy atom. The van der Waals surface area contributed by atoms with Crippen LogP contribution in [0.1, 0.15) is 22.5 Å². The molecule has 0 aliphatic heterocycles. The van der Waals surface area contributed by atoms with Crippen molar-refractivity contribution in [2.75, 3.05) is 20.3 Å². The van der Waals surface area contributed by atoms with Crippen LogP contribution in [0.2, 0.25) is 0 Å². The first-order chi connectivity index (χ1) is 11.5. The highest BCUT2D eigenvalue weighted by molar-refractivity contribution is 7.80. The number of aryl methyl sites for hydroxylation is 2. The van der Waals surface area contributed by atoms with Gasteiger partial charge in [-0.25, -0.2) is 0 Å². The Morgan fingerprint density at radius 3 is 2.62 bits per heavy atom. The minimum atomic E-state index is 0.482. The van der Waals surface area contributed by atoms with E-state index in [0.29, 0.717) is 18.3 Å². The van der Waals surface area contributed by atoms with E-state index in [1.165, 1.54) is 11.3 Å². The predicted molar refractivity (Wildman–Crippen MR) is 103 cm³/mol. The molecule has 0 aliphatic carbocycles. The Labute approximate surface area is 148 Å². The number of hydrogen-bond acceptors (Lipinski definition) is 3. The molecule has 2 aromatic rings. The Morgan fingerprint density at radius 2 is 1.96 bits per heavy atom. The van der Waals surface area contributed by atoms with Crippen LogP contribution in [0.3, 0.4) is 0 Å². The van der Waals surface area contributed by atoms with E-state index < -0.39 is 0 Å². The number of hydrazone groups is 1. The molecule has 2 N–H and O–H groups in total. The maximum atomic E-state index is 5.14. The van der Waals surface area contributed by atoms with Gasteiger partial charge in [-0.1, -0.05) is 17.7 Å². The number of nitrogens with one attached hydrogen (secondary N) is 2. The number of aromatic nitrogens is 1. The molecule has 0 bridgehead atoms. The highest BCUT2D eigenvalue weighted by Gasteiger charge is 2.09. The second kappa shape index (κ2) is 8.61. The average molecular weight is 344 g/mol. The fraction of sp³-hybridized carbons (Fsp3) is 0.333. The number of ether oxygens (including phenoxy) is 1. The molecule has 0 saturated heterocycles. The maximum absolute atomic E-state index is 5.14. The molecule has 0 radical (unpaired) electrons. The van der Waals surface area contributed by atoms with Gasteiger partial charge in [-0.05, 0) is 51.2 Å². The fourth-order valence-electron chi connectivity index (χ4n) is 2.48. The van der Waals surface area contributed by atoms with E-state index in [4.69, 9.17) is 17.0 Å². The molecule has 24 heavy (non-hydrogen) atoms. The van der Waals surface area contributed by atoms with Crippen molar-refractivity contribution in [3.63, 3.8) is 0 Å². The SMILES string of the molecule is COCCNC(=S)N/N=C/c1cc(C)n(-c2ccc(C)cc2)c1C. The first kappa shape index (κ1) is 18.2. The Bertz CT molecular complexity index is 719. The van der Waals surface area contributed by atoms with Gasteiger partial charge in [0.1, 0.15) is 0 Å². The van der Waals surface area contributed by atoms with Crippen molar-refractivity contribution in [1.29, 1.82) is 0 Å². The second-order valence-corrected chi connectivity index (χ2v) is 6.02. The average Bonchev–Trinajstić information content (AvgIpc) is 2.83. The molecule has 128 valence electrons. The molecular formula is C18H24N4OS. The van der Waals surface area contributed by atoms with Crippen LogP contribution in [-0.2, 0) is 4.74 Å². The third kappa shape index (κ3) is 4.66. The van der Waals surface area contributed by atoms with Gasteiger partial charge in [-0.15, -0.1) is 0 Å². The quantitative estimate of drug-likeness (QED) is 0.366. The molecule has 5 nitrogen and oxygen atoms in total. The molecular weight excluding hydrogens is 320 g/mol. The summed E-state index contributed by atoms with van der Waals surface area (Å²) in [5.41, 5.74) is 8.58. The van der Waals surface area contributed by atoms with Gasteiger partial charge >= 0.3 is 0 Å². The Hall–Kier alpha value is -2.18. The maximum Gasteiger partial charge on any atom is 0.187 e. The van der Waals surface area contributed by atoms with E-state index in [1.54, 1.807) is 13.3 Å². The smallest absolute Gasteiger partial charge is 0.187 e. The minimum Gasteiger partial charge on any atom is -0.383 e. The molecule has 1 heterocycles. The molecule has 6 heteroatoms. The molecule has 0 unspecified atom stereocenters. The summed E-state index contributed by atoms with van der Waals surface area (Å²) in [6.07, 6.45) is 1.79. The third-order valence-electron chi connectivity index (χ3n) is 3.72. The fourth-order valence-corrected chi connectivity index (χ4v) is 2.63. The van der Waals surface area contributed by atoms with E-state index in [1.807, 2.05) is 0 Å². The van der Waals surface area contributed by atoms with Crippen molar-refractivity contribution < 1.29 is 4.74 Å². The highest BCUT2D eigenvalue weighted by atomic mass is 32.1. The van der Waals surface area contributed by atoms with Crippen molar-refractivity contribution in [2.24, 2.45) is 5.10 Å². The zero-order valence-electron chi connectivity index (χ0n) is 14.6. The van der Waals surface area contributed by atoms with Gasteiger partial charge in [0.15, 0.2) is 5.11 Å². The van der Waals surface area contributed by atoms with Crippen molar-refractivity contribution in [1.82, 2.24) is 15.3 Å². The van der Waals surface area contributed by atoms with Crippen LogP contribution in [0.15, 0.2) is 35.4 Å². The van der Waals surface area contributed by atoms with Gasteiger partial charge in [0.2, 0.25) is 0 Å². The van der Waals surface area contributed by atoms with Gasteiger partial charge in [0.05, 0.1) is 12.8 Å². The summed E-state index contributed by atoms with van der Waals surface area (Å²) in [4.78, 5) is 0. The summed E-state index contributed by atoms with van der Waals surface area (Å²) in [5, 5.41) is 7.70. The molecule has 2 rings (SSSR count). The standard InChI is InChI=1S/C18H24N4OS/c1-13-5-7-17(8-6-13)22-14(2)11-16(15(22)3)12-20-21-18(24)19-9-10-23-4/h5-8,11-12H,9-10H2,1-4H3,(H2,19,21,24)/b20-12+. The van der Waals surface area contributed by atoms with Crippen LogP contribution in [0.25, 0.3) is 5.69 Å². The van der Waals surface area contributed by atoms with E-state index >= 15 is 0 Å². The summed E-state index contributed by atoms with van der Waals surface area (Å²) >= 11 is 5.14. The molecule has 1 aromatic carbocycles. The summed E-state index contributed by atoms with van der Waals surface area (Å²) in [6.45, 7) is 7.52. The van der Waals surface area contributed by atoms with Gasteiger partial charge < -0.3 is 14.6 Å². The monoisotopic (exact) mass is 344 g/mol. The molecule has 0 atom stereocenters. The lowest BCUT2D eigenvalue weighted by Crippen LogP contribution is -2.34. The number of thiocarbonyl (C=S) groups is 1. The van der Waals surface area contributed by atoms with Gasteiger partial charge in [-0.2, -0.15) is 5.10 Å². The Kier molecular flexibility index (Phi) is 6.52.